The highest BCUT2D eigenvalue weighted by Gasteiger charge is 2.32. The van der Waals surface area contributed by atoms with Crippen molar-refractivity contribution in [3.05, 3.63) is 29.8 Å². The highest BCUT2D eigenvalue weighted by atomic mass is 32.2. The van der Waals surface area contributed by atoms with Gasteiger partial charge in [0.2, 0.25) is 11.8 Å². The summed E-state index contributed by atoms with van der Waals surface area (Å²) < 4.78 is 0. The average molecular weight is 347 g/mol. The summed E-state index contributed by atoms with van der Waals surface area (Å²) in [5, 5.41) is 2.88. The number of nitrogens with zero attached hydrogens (tertiary/aromatic N) is 2. The molecule has 5 nitrogen and oxygen atoms in total. The van der Waals surface area contributed by atoms with Crippen molar-refractivity contribution >= 4 is 29.3 Å². The molecule has 1 aromatic carbocycles. The minimum absolute atomic E-state index is 0.0725. The number of hydrogen-bond donors (Lipinski definition) is 1. The van der Waals surface area contributed by atoms with Crippen molar-refractivity contribution in [1.29, 1.82) is 0 Å². The molecule has 2 heterocycles. The van der Waals surface area contributed by atoms with E-state index in [0.717, 1.165) is 30.8 Å². The quantitative estimate of drug-likeness (QED) is 0.860. The van der Waals surface area contributed by atoms with Crippen molar-refractivity contribution < 1.29 is 9.59 Å². The van der Waals surface area contributed by atoms with Gasteiger partial charge in [-0.2, -0.15) is 0 Å². The lowest BCUT2D eigenvalue weighted by atomic mass is 10.2. The lowest BCUT2D eigenvalue weighted by molar-refractivity contribution is -0.128. The molecule has 2 amide bonds. The molecule has 24 heavy (non-hydrogen) atoms. The molecular formula is C18H25N3O2S. The standard InChI is InChI=1S/C18H25N3O2S/c1-14(22)19-16-7-5-15(6-8-16)18-21(17(23)13-24-18)12-4-11-20-9-2-3-10-20/h5-8,18H,2-4,9-13H2,1H3,(H,19,22). The highest BCUT2D eigenvalue weighted by Crippen LogP contribution is 2.38. The van der Waals surface area contributed by atoms with Gasteiger partial charge in [-0.3, -0.25) is 9.59 Å². The first-order valence-electron chi connectivity index (χ1n) is 8.64. The molecular weight excluding hydrogens is 322 g/mol. The number of likely N-dealkylation sites (tertiary alicyclic amines) is 1. The van der Waals surface area contributed by atoms with Gasteiger partial charge >= 0.3 is 0 Å². The first kappa shape index (κ1) is 17.3. The van der Waals surface area contributed by atoms with E-state index >= 15 is 0 Å². The van der Waals surface area contributed by atoms with Crippen LogP contribution in [0.2, 0.25) is 0 Å². The van der Waals surface area contributed by atoms with E-state index in [9.17, 15) is 9.59 Å². The van der Waals surface area contributed by atoms with Gasteiger partial charge in [-0.05, 0) is 56.6 Å². The fourth-order valence-corrected chi connectivity index (χ4v) is 4.60. The maximum Gasteiger partial charge on any atom is 0.233 e. The Hall–Kier alpha value is -1.53. The summed E-state index contributed by atoms with van der Waals surface area (Å²) in [7, 11) is 0. The molecule has 6 heteroatoms. The Morgan fingerprint density at radius 1 is 1.21 bits per heavy atom. The monoisotopic (exact) mass is 347 g/mol. The summed E-state index contributed by atoms with van der Waals surface area (Å²) in [6, 6.07) is 7.83. The molecule has 2 aliphatic rings. The molecule has 2 fully saturated rings. The number of thioether (sulfide) groups is 1. The zero-order chi connectivity index (χ0) is 16.9. The number of anilines is 1. The minimum Gasteiger partial charge on any atom is -0.326 e. The number of rotatable bonds is 6. The summed E-state index contributed by atoms with van der Waals surface area (Å²) in [6.45, 7) is 5.82. The van der Waals surface area contributed by atoms with Crippen molar-refractivity contribution in [2.45, 2.75) is 31.6 Å². The molecule has 130 valence electrons. The normalized spacial score (nSPS) is 21.5. The van der Waals surface area contributed by atoms with Crippen LogP contribution in [-0.2, 0) is 9.59 Å². The van der Waals surface area contributed by atoms with E-state index in [1.54, 1.807) is 11.8 Å². The zero-order valence-electron chi connectivity index (χ0n) is 14.2. The summed E-state index contributed by atoms with van der Waals surface area (Å²) >= 11 is 1.69. The van der Waals surface area contributed by atoms with Gasteiger partial charge in [-0.15, -0.1) is 11.8 Å². The van der Waals surface area contributed by atoms with Crippen LogP contribution in [0, 0.1) is 0 Å². The van der Waals surface area contributed by atoms with Crippen molar-refractivity contribution in [1.82, 2.24) is 9.80 Å². The fourth-order valence-electron chi connectivity index (χ4n) is 3.38. The van der Waals surface area contributed by atoms with E-state index in [4.69, 9.17) is 0 Å². The van der Waals surface area contributed by atoms with Gasteiger partial charge in [0.15, 0.2) is 0 Å². The maximum absolute atomic E-state index is 12.2. The smallest absolute Gasteiger partial charge is 0.233 e. The predicted molar refractivity (Wildman–Crippen MR) is 97.9 cm³/mol. The lowest BCUT2D eigenvalue weighted by Gasteiger charge is -2.25. The Kier molecular flexibility index (Phi) is 5.79. The summed E-state index contributed by atoms with van der Waals surface area (Å²) in [5.74, 6) is 0.719. The van der Waals surface area contributed by atoms with Gasteiger partial charge in [-0.1, -0.05) is 12.1 Å². The van der Waals surface area contributed by atoms with Crippen molar-refractivity contribution in [3.8, 4) is 0 Å². The highest BCUT2D eigenvalue weighted by molar-refractivity contribution is 8.00. The Balaban J connectivity index is 1.58. The molecule has 1 aromatic rings. The Bertz CT molecular complexity index is 584. The molecule has 2 saturated heterocycles. The first-order chi connectivity index (χ1) is 11.6. The van der Waals surface area contributed by atoms with Crippen LogP contribution in [0.15, 0.2) is 24.3 Å². The Morgan fingerprint density at radius 3 is 2.58 bits per heavy atom. The molecule has 3 rings (SSSR count). The Labute approximate surface area is 147 Å². The van der Waals surface area contributed by atoms with Gasteiger partial charge in [0, 0.05) is 19.2 Å². The molecule has 0 aromatic heterocycles. The second-order valence-corrected chi connectivity index (χ2v) is 7.52. The van der Waals surface area contributed by atoms with Crippen molar-refractivity contribution in [2.24, 2.45) is 0 Å². The molecule has 1 atom stereocenters. The number of carbonyl (C=O) groups excluding carboxylic acids is 2. The van der Waals surface area contributed by atoms with Gasteiger partial charge in [-0.25, -0.2) is 0 Å². The molecule has 0 aliphatic carbocycles. The van der Waals surface area contributed by atoms with E-state index in [1.807, 2.05) is 29.2 Å². The predicted octanol–water partition coefficient (Wildman–Crippen LogP) is 2.70. The minimum atomic E-state index is -0.0725. The number of benzene rings is 1. The Morgan fingerprint density at radius 2 is 1.92 bits per heavy atom. The first-order valence-corrected chi connectivity index (χ1v) is 9.69. The van der Waals surface area contributed by atoms with Crippen LogP contribution in [0.4, 0.5) is 5.69 Å². The van der Waals surface area contributed by atoms with Crippen LogP contribution in [0.3, 0.4) is 0 Å². The van der Waals surface area contributed by atoms with Gasteiger partial charge in [0.05, 0.1) is 5.75 Å². The molecule has 0 radical (unpaired) electrons. The van der Waals surface area contributed by atoms with E-state index in [1.165, 1.54) is 32.9 Å². The molecule has 0 bridgehead atoms. The second kappa shape index (κ2) is 8.03. The van der Waals surface area contributed by atoms with Crippen molar-refractivity contribution in [3.63, 3.8) is 0 Å². The summed E-state index contributed by atoms with van der Waals surface area (Å²) in [4.78, 5) is 27.8. The average Bonchev–Trinajstić information content (AvgIpc) is 3.19. The van der Waals surface area contributed by atoms with Crippen LogP contribution in [0.25, 0.3) is 0 Å². The maximum atomic E-state index is 12.2. The zero-order valence-corrected chi connectivity index (χ0v) is 15.0. The van der Waals surface area contributed by atoms with Crippen LogP contribution in [0.5, 0.6) is 0 Å². The van der Waals surface area contributed by atoms with E-state index in [0.29, 0.717) is 5.75 Å². The topological polar surface area (TPSA) is 52.7 Å². The van der Waals surface area contributed by atoms with E-state index in [2.05, 4.69) is 10.2 Å². The third kappa shape index (κ3) is 4.30. The number of nitrogens with one attached hydrogen (secondary N) is 1. The third-order valence-electron chi connectivity index (χ3n) is 4.56. The van der Waals surface area contributed by atoms with Crippen LogP contribution in [0.1, 0.15) is 37.1 Å². The summed E-state index contributed by atoms with van der Waals surface area (Å²) in [6.07, 6.45) is 3.65. The largest absolute Gasteiger partial charge is 0.326 e. The van der Waals surface area contributed by atoms with Gasteiger partial charge < -0.3 is 15.1 Å². The molecule has 0 saturated carbocycles. The number of carbonyl (C=O) groups is 2. The van der Waals surface area contributed by atoms with E-state index < -0.39 is 0 Å². The third-order valence-corrected chi connectivity index (χ3v) is 5.81. The molecule has 1 N–H and O–H groups in total. The lowest BCUT2D eigenvalue weighted by Crippen LogP contribution is -2.32. The molecule has 0 spiro atoms. The van der Waals surface area contributed by atoms with Crippen LogP contribution in [-0.4, -0.2) is 53.5 Å². The van der Waals surface area contributed by atoms with E-state index in [-0.39, 0.29) is 17.2 Å². The molecule has 1 unspecified atom stereocenters. The fraction of sp³-hybridized carbons (Fsp3) is 0.556. The van der Waals surface area contributed by atoms with Crippen LogP contribution >= 0.6 is 11.8 Å². The van der Waals surface area contributed by atoms with Crippen molar-refractivity contribution in [2.75, 3.05) is 37.2 Å². The number of hydrogen-bond acceptors (Lipinski definition) is 4. The van der Waals surface area contributed by atoms with Crippen LogP contribution < -0.4 is 5.32 Å². The van der Waals surface area contributed by atoms with Gasteiger partial charge in [0.1, 0.15) is 5.37 Å². The SMILES string of the molecule is CC(=O)Nc1ccc(C2SCC(=O)N2CCCN2CCCC2)cc1. The summed E-state index contributed by atoms with van der Waals surface area (Å²) in [5.41, 5.74) is 1.92. The second-order valence-electron chi connectivity index (χ2n) is 6.46. The number of amides is 2. The van der Waals surface area contributed by atoms with Gasteiger partial charge in [0.25, 0.3) is 0 Å². The molecule has 2 aliphatic heterocycles.